The summed E-state index contributed by atoms with van der Waals surface area (Å²) in [5, 5.41) is 0.686. The molecule has 7 heteroatoms. The van der Waals surface area contributed by atoms with Crippen LogP contribution in [0.3, 0.4) is 0 Å². The maximum atomic E-state index is 12.6. The van der Waals surface area contributed by atoms with Crippen molar-refractivity contribution in [1.82, 2.24) is 4.31 Å². The van der Waals surface area contributed by atoms with Crippen LogP contribution in [0.5, 0.6) is 0 Å². The first-order valence-electron chi connectivity index (χ1n) is 8.39. The molecule has 2 aromatic rings. The SMILES string of the molecule is CN(C)S(=O)(=O)c1ccc(CCC(=O)N2CCc3cc(Cl)ccc32)cc1. The lowest BCUT2D eigenvalue weighted by Crippen LogP contribution is -2.29. The van der Waals surface area contributed by atoms with E-state index in [1.54, 1.807) is 35.2 Å². The Morgan fingerprint density at radius 3 is 2.50 bits per heavy atom. The van der Waals surface area contributed by atoms with Crippen molar-refractivity contribution >= 4 is 33.2 Å². The highest BCUT2D eigenvalue weighted by Crippen LogP contribution is 2.31. The highest BCUT2D eigenvalue weighted by molar-refractivity contribution is 7.89. The monoisotopic (exact) mass is 392 g/mol. The maximum absolute atomic E-state index is 12.6. The van der Waals surface area contributed by atoms with Crippen LogP contribution in [0.4, 0.5) is 5.69 Å². The number of sulfonamides is 1. The Morgan fingerprint density at radius 2 is 1.85 bits per heavy atom. The van der Waals surface area contributed by atoms with E-state index >= 15 is 0 Å². The van der Waals surface area contributed by atoms with Crippen LogP contribution >= 0.6 is 11.6 Å². The second-order valence-corrected chi connectivity index (χ2v) is 9.09. The Balaban J connectivity index is 1.64. The lowest BCUT2D eigenvalue weighted by molar-refractivity contribution is -0.118. The van der Waals surface area contributed by atoms with E-state index in [0.717, 1.165) is 23.2 Å². The molecular formula is C19H21ClN2O3S. The van der Waals surface area contributed by atoms with Gasteiger partial charge in [0.1, 0.15) is 0 Å². The fraction of sp³-hybridized carbons (Fsp3) is 0.316. The normalized spacial score (nSPS) is 13.9. The zero-order valence-electron chi connectivity index (χ0n) is 14.8. The summed E-state index contributed by atoms with van der Waals surface area (Å²) in [5.74, 6) is 0.0658. The molecule has 138 valence electrons. The highest BCUT2D eigenvalue weighted by Gasteiger charge is 2.24. The van der Waals surface area contributed by atoms with E-state index in [4.69, 9.17) is 11.6 Å². The molecule has 5 nitrogen and oxygen atoms in total. The summed E-state index contributed by atoms with van der Waals surface area (Å²) in [6, 6.07) is 12.3. The van der Waals surface area contributed by atoms with E-state index in [1.807, 2.05) is 12.1 Å². The first-order chi connectivity index (χ1) is 12.3. The zero-order chi connectivity index (χ0) is 18.9. The Bertz CT molecular complexity index is 924. The van der Waals surface area contributed by atoms with Gasteiger partial charge in [0.15, 0.2) is 0 Å². The van der Waals surface area contributed by atoms with Gasteiger partial charge in [-0.25, -0.2) is 12.7 Å². The summed E-state index contributed by atoms with van der Waals surface area (Å²) in [4.78, 5) is 14.6. The predicted molar refractivity (Wildman–Crippen MR) is 103 cm³/mol. The average molecular weight is 393 g/mol. The molecule has 0 unspecified atom stereocenters. The molecule has 0 spiro atoms. The van der Waals surface area contributed by atoms with E-state index in [2.05, 4.69) is 0 Å². The van der Waals surface area contributed by atoms with Gasteiger partial charge < -0.3 is 4.90 Å². The molecule has 1 heterocycles. The predicted octanol–water partition coefficient (Wildman–Crippen LogP) is 3.11. The fourth-order valence-corrected chi connectivity index (χ4v) is 4.15. The topological polar surface area (TPSA) is 57.7 Å². The molecule has 0 fully saturated rings. The summed E-state index contributed by atoms with van der Waals surface area (Å²) in [7, 11) is -0.422. The first-order valence-corrected chi connectivity index (χ1v) is 10.2. The zero-order valence-corrected chi connectivity index (χ0v) is 16.3. The molecule has 0 aliphatic carbocycles. The van der Waals surface area contributed by atoms with Crippen molar-refractivity contribution in [3.63, 3.8) is 0 Å². The van der Waals surface area contributed by atoms with Gasteiger partial charge in [0, 0.05) is 37.8 Å². The van der Waals surface area contributed by atoms with Gasteiger partial charge in [0.05, 0.1) is 4.90 Å². The number of benzene rings is 2. The van der Waals surface area contributed by atoms with Crippen LogP contribution in [-0.2, 0) is 27.7 Å². The molecule has 0 saturated carbocycles. The third kappa shape index (κ3) is 3.77. The maximum Gasteiger partial charge on any atom is 0.242 e. The number of anilines is 1. The quantitative estimate of drug-likeness (QED) is 0.785. The molecule has 0 aromatic heterocycles. The van der Waals surface area contributed by atoms with E-state index < -0.39 is 10.0 Å². The number of hydrogen-bond donors (Lipinski definition) is 0. The Labute approximate surface area is 159 Å². The van der Waals surface area contributed by atoms with Gasteiger partial charge in [-0.2, -0.15) is 0 Å². The van der Waals surface area contributed by atoms with E-state index in [0.29, 0.717) is 24.4 Å². The number of aryl methyl sites for hydroxylation is 1. The molecule has 1 amide bonds. The van der Waals surface area contributed by atoms with Gasteiger partial charge in [-0.1, -0.05) is 23.7 Å². The molecule has 1 aliphatic heterocycles. The summed E-state index contributed by atoms with van der Waals surface area (Å²) in [6.07, 6.45) is 1.76. The summed E-state index contributed by atoms with van der Waals surface area (Å²) in [6.45, 7) is 0.675. The number of carbonyl (C=O) groups excluding carboxylic acids is 1. The minimum Gasteiger partial charge on any atom is -0.312 e. The number of carbonyl (C=O) groups is 1. The molecule has 0 bridgehead atoms. The number of amides is 1. The summed E-state index contributed by atoms with van der Waals surface area (Å²) in [5.41, 5.74) is 2.97. The van der Waals surface area contributed by atoms with Crippen LogP contribution in [0.25, 0.3) is 0 Å². The molecule has 1 aliphatic rings. The second-order valence-electron chi connectivity index (χ2n) is 6.50. The van der Waals surface area contributed by atoms with E-state index in [-0.39, 0.29) is 10.8 Å². The minimum absolute atomic E-state index is 0.0658. The average Bonchev–Trinajstić information content (AvgIpc) is 3.03. The van der Waals surface area contributed by atoms with Gasteiger partial charge >= 0.3 is 0 Å². The van der Waals surface area contributed by atoms with Gasteiger partial charge in [0.2, 0.25) is 15.9 Å². The molecule has 0 radical (unpaired) electrons. The molecule has 0 saturated heterocycles. The van der Waals surface area contributed by atoms with Crippen molar-refractivity contribution in [3.8, 4) is 0 Å². The van der Waals surface area contributed by atoms with Crippen LogP contribution < -0.4 is 4.90 Å². The van der Waals surface area contributed by atoms with Crippen molar-refractivity contribution in [1.29, 1.82) is 0 Å². The Kier molecular flexibility index (Phi) is 5.37. The third-order valence-electron chi connectivity index (χ3n) is 4.57. The van der Waals surface area contributed by atoms with Crippen molar-refractivity contribution < 1.29 is 13.2 Å². The van der Waals surface area contributed by atoms with Crippen molar-refractivity contribution in [2.75, 3.05) is 25.5 Å². The summed E-state index contributed by atoms with van der Waals surface area (Å²) >= 11 is 6.01. The van der Waals surface area contributed by atoms with Gasteiger partial charge in [0.25, 0.3) is 0 Å². The Morgan fingerprint density at radius 1 is 1.15 bits per heavy atom. The standard InChI is InChI=1S/C19H21ClN2O3S/c1-21(2)26(24,25)17-7-3-14(4-8-17)5-10-19(23)22-12-11-15-13-16(20)6-9-18(15)22/h3-4,6-9,13H,5,10-12H2,1-2H3. The van der Waals surface area contributed by atoms with Crippen molar-refractivity contribution in [3.05, 3.63) is 58.6 Å². The number of rotatable bonds is 5. The fourth-order valence-electron chi connectivity index (χ4n) is 3.05. The first kappa shape index (κ1) is 18.9. The number of halogens is 1. The van der Waals surface area contributed by atoms with Crippen LogP contribution in [0.2, 0.25) is 5.02 Å². The minimum atomic E-state index is -3.43. The lowest BCUT2D eigenvalue weighted by atomic mass is 10.1. The van der Waals surface area contributed by atoms with Crippen LogP contribution in [0.1, 0.15) is 17.5 Å². The molecule has 26 heavy (non-hydrogen) atoms. The number of fused-ring (bicyclic) bond motifs is 1. The van der Waals surface area contributed by atoms with Gasteiger partial charge in [-0.3, -0.25) is 4.79 Å². The highest BCUT2D eigenvalue weighted by atomic mass is 35.5. The van der Waals surface area contributed by atoms with E-state index in [9.17, 15) is 13.2 Å². The van der Waals surface area contributed by atoms with Gasteiger partial charge in [-0.15, -0.1) is 0 Å². The van der Waals surface area contributed by atoms with Crippen LogP contribution in [0.15, 0.2) is 47.4 Å². The van der Waals surface area contributed by atoms with Crippen molar-refractivity contribution in [2.45, 2.75) is 24.2 Å². The van der Waals surface area contributed by atoms with Crippen molar-refractivity contribution in [2.24, 2.45) is 0 Å². The van der Waals surface area contributed by atoms with Crippen LogP contribution in [-0.4, -0.2) is 39.3 Å². The molecule has 0 N–H and O–H groups in total. The Hall–Kier alpha value is -1.89. The molecular weight excluding hydrogens is 372 g/mol. The number of nitrogens with zero attached hydrogens (tertiary/aromatic N) is 2. The van der Waals surface area contributed by atoms with Gasteiger partial charge in [-0.05, 0) is 54.3 Å². The molecule has 0 atom stereocenters. The smallest absolute Gasteiger partial charge is 0.242 e. The molecule has 2 aromatic carbocycles. The summed E-state index contributed by atoms with van der Waals surface area (Å²) < 4.78 is 25.3. The molecule has 3 rings (SSSR count). The van der Waals surface area contributed by atoms with E-state index in [1.165, 1.54) is 18.4 Å². The van der Waals surface area contributed by atoms with Crippen LogP contribution in [0, 0.1) is 0 Å². The third-order valence-corrected chi connectivity index (χ3v) is 6.63. The number of hydrogen-bond acceptors (Lipinski definition) is 3. The second kappa shape index (κ2) is 7.39. The lowest BCUT2D eigenvalue weighted by Gasteiger charge is -2.17. The largest absolute Gasteiger partial charge is 0.312 e.